The summed E-state index contributed by atoms with van der Waals surface area (Å²) in [6, 6.07) is 1.80. The van der Waals surface area contributed by atoms with Crippen molar-refractivity contribution in [3.05, 3.63) is 23.2 Å². The Morgan fingerprint density at radius 3 is 2.58 bits per heavy atom. The van der Waals surface area contributed by atoms with Gasteiger partial charge in [0.15, 0.2) is 5.76 Å². The molecule has 0 amide bonds. The zero-order valence-corrected chi connectivity index (χ0v) is 20.3. The number of carbonyl (C=O) groups is 1. The maximum atomic E-state index is 12.4. The summed E-state index contributed by atoms with van der Waals surface area (Å²) in [4.78, 5) is 12.4. The molecule has 3 unspecified atom stereocenters. The van der Waals surface area contributed by atoms with E-state index in [1.54, 1.807) is 6.07 Å². The summed E-state index contributed by atoms with van der Waals surface area (Å²) in [7, 11) is 0. The molecule has 7 atom stereocenters. The molecule has 0 bridgehead atoms. The third-order valence-corrected chi connectivity index (χ3v) is 10.4. The molecule has 1 N–H and O–H groups in total. The molecule has 6 heteroatoms. The first kappa shape index (κ1) is 22.1. The Balaban J connectivity index is 1.45. The van der Waals surface area contributed by atoms with Crippen LogP contribution in [0.5, 0.6) is 0 Å². The number of fused-ring (bicyclic) bond motifs is 6. The van der Waals surface area contributed by atoms with E-state index in [1.165, 1.54) is 6.42 Å². The largest absolute Gasteiger partial charge is 0.457 e. The Bertz CT molecular complexity index is 972. The number of hydrogen-bond donors (Lipinski definition) is 1. The molecule has 3 nitrogen and oxygen atoms in total. The van der Waals surface area contributed by atoms with Crippen LogP contribution < -0.4 is 0 Å². The SMILES string of the molecule is C#C[C@]1(O)CCC2C3CC[C@H]4Cc5oc(C(=O)C(Cl)(Cl)Cl)cc5C[C@]4(C)C3CC[C@@]21C. The van der Waals surface area contributed by atoms with E-state index in [4.69, 9.17) is 45.6 Å². The lowest BCUT2D eigenvalue weighted by atomic mass is 9.44. The predicted molar refractivity (Wildman–Crippen MR) is 122 cm³/mol. The van der Waals surface area contributed by atoms with E-state index in [-0.39, 0.29) is 16.6 Å². The highest BCUT2D eigenvalue weighted by Gasteiger charge is 2.64. The van der Waals surface area contributed by atoms with Crippen molar-refractivity contribution in [1.29, 1.82) is 0 Å². The van der Waals surface area contributed by atoms with Crippen molar-refractivity contribution >= 4 is 40.6 Å². The van der Waals surface area contributed by atoms with Gasteiger partial charge in [-0.3, -0.25) is 4.79 Å². The average Bonchev–Trinajstić information content (AvgIpc) is 3.22. The fourth-order valence-electron chi connectivity index (χ4n) is 8.07. The van der Waals surface area contributed by atoms with Crippen LogP contribution in [0.1, 0.15) is 74.3 Å². The lowest BCUT2D eigenvalue weighted by Crippen LogP contribution is -2.56. The average molecular weight is 484 g/mol. The third kappa shape index (κ3) is 3.01. The first-order valence-corrected chi connectivity index (χ1v) is 12.5. The van der Waals surface area contributed by atoms with Gasteiger partial charge in [0, 0.05) is 11.8 Å². The van der Waals surface area contributed by atoms with E-state index in [1.807, 2.05) is 0 Å². The Hall–Kier alpha value is -0.660. The molecule has 4 aliphatic carbocycles. The maximum absolute atomic E-state index is 12.4. The van der Waals surface area contributed by atoms with Crippen molar-refractivity contribution in [2.24, 2.45) is 34.5 Å². The van der Waals surface area contributed by atoms with Crippen LogP contribution in [0.2, 0.25) is 0 Å². The van der Waals surface area contributed by atoms with Crippen molar-refractivity contribution in [1.82, 2.24) is 0 Å². The van der Waals surface area contributed by atoms with Crippen LogP contribution in [0.25, 0.3) is 0 Å². The highest BCUT2D eigenvalue weighted by atomic mass is 35.6. The molecule has 168 valence electrons. The monoisotopic (exact) mass is 482 g/mol. The highest BCUT2D eigenvalue weighted by molar-refractivity contribution is 6.77. The van der Waals surface area contributed by atoms with Crippen LogP contribution in [0.4, 0.5) is 0 Å². The Morgan fingerprint density at radius 1 is 1.19 bits per heavy atom. The van der Waals surface area contributed by atoms with Gasteiger partial charge in [-0.2, -0.15) is 0 Å². The second kappa shape index (κ2) is 6.92. The number of halogens is 3. The second-order valence-corrected chi connectivity index (χ2v) is 13.2. The highest BCUT2D eigenvalue weighted by Crippen LogP contribution is 2.67. The summed E-state index contributed by atoms with van der Waals surface area (Å²) in [5, 5.41) is 11.2. The molecule has 1 aromatic heterocycles. The van der Waals surface area contributed by atoms with E-state index in [2.05, 4.69) is 19.8 Å². The fourth-order valence-corrected chi connectivity index (χ4v) is 8.35. The minimum absolute atomic E-state index is 0.137. The third-order valence-electron chi connectivity index (χ3n) is 9.84. The minimum Gasteiger partial charge on any atom is -0.457 e. The molecule has 0 aliphatic heterocycles. The molecule has 31 heavy (non-hydrogen) atoms. The molecular weight excluding hydrogens is 455 g/mol. The van der Waals surface area contributed by atoms with Gasteiger partial charge >= 0.3 is 0 Å². The predicted octanol–water partition coefficient (Wildman–Crippen LogP) is 6.15. The smallest absolute Gasteiger partial charge is 0.256 e. The number of carbonyl (C=O) groups excluding carboxylic acids is 1. The van der Waals surface area contributed by atoms with Crippen molar-refractivity contribution in [3.8, 4) is 12.3 Å². The number of hydrogen-bond acceptors (Lipinski definition) is 3. The molecule has 3 saturated carbocycles. The summed E-state index contributed by atoms with van der Waals surface area (Å²) in [5.41, 5.74) is 0.0536. The Kier molecular flexibility index (Phi) is 4.95. The van der Waals surface area contributed by atoms with E-state index in [9.17, 15) is 9.90 Å². The van der Waals surface area contributed by atoms with Gasteiger partial charge in [-0.25, -0.2) is 0 Å². The zero-order valence-electron chi connectivity index (χ0n) is 18.0. The summed E-state index contributed by atoms with van der Waals surface area (Å²) < 4.78 is 3.89. The number of ketones is 1. The van der Waals surface area contributed by atoms with Crippen molar-refractivity contribution in [3.63, 3.8) is 0 Å². The lowest BCUT2D eigenvalue weighted by Gasteiger charge is -2.60. The van der Waals surface area contributed by atoms with Crippen LogP contribution in [0.15, 0.2) is 10.5 Å². The van der Waals surface area contributed by atoms with Crippen molar-refractivity contribution < 1.29 is 14.3 Å². The Morgan fingerprint density at radius 2 is 1.90 bits per heavy atom. The molecular formula is C25H29Cl3O3. The van der Waals surface area contributed by atoms with Gasteiger partial charge in [-0.05, 0) is 85.7 Å². The van der Waals surface area contributed by atoms with Gasteiger partial charge in [-0.15, -0.1) is 6.42 Å². The summed E-state index contributed by atoms with van der Waals surface area (Å²) in [5.74, 6) is 5.33. The molecule has 0 aromatic carbocycles. The van der Waals surface area contributed by atoms with Crippen LogP contribution in [-0.2, 0) is 12.8 Å². The van der Waals surface area contributed by atoms with Gasteiger partial charge in [0.05, 0.1) is 0 Å². The molecule has 1 aromatic rings. The summed E-state index contributed by atoms with van der Waals surface area (Å²) >= 11 is 17.4. The minimum atomic E-state index is -2.01. The van der Waals surface area contributed by atoms with Crippen LogP contribution in [0.3, 0.4) is 0 Å². The van der Waals surface area contributed by atoms with Gasteiger partial charge in [0.1, 0.15) is 11.4 Å². The quantitative estimate of drug-likeness (QED) is 0.296. The van der Waals surface area contributed by atoms with E-state index in [0.29, 0.717) is 30.1 Å². The number of rotatable bonds is 1. The lowest BCUT2D eigenvalue weighted by molar-refractivity contribution is -0.128. The molecule has 1 heterocycles. The topological polar surface area (TPSA) is 50.4 Å². The van der Waals surface area contributed by atoms with Gasteiger partial charge in [-0.1, -0.05) is 54.6 Å². The first-order valence-electron chi connectivity index (χ1n) is 11.4. The number of furan rings is 1. The van der Waals surface area contributed by atoms with Gasteiger partial charge in [0.25, 0.3) is 3.79 Å². The molecule has 5 rings (SSSR count). The number of alkyl halides is 3. The second-order valence-electron chi connectivity index (χ2n) is 10.9. The summed E-state index contributed by atoms with van der Waals surface area (Å²) in [6.45, 7) is 4.64. The number of terminal acetylenes is 1. The summed E-state index contributed by atoms with van der Waals surface area (Å²) in [6.07, 6.45) is 13.6. The normalized spacial score (nSPS) is 43.9. The van der Waals surface area contributed by atoms with Gasteiger partial charge in [0.2, 0.25) is 5.78 Å². The van der Waals surface area contributed by atoms with E-state index in [0.717, 1.165) is 49.8 Å². The van der Waals surface area contributed by atoms with Crippen molar-refractivity contribution in [2.75, 3.05) is 0 Å². The standard InChI is InChI=1S/C25H29Cl3O3/c1-4-24(30)10-8-18-16-6-5-15-12-19-14(11-20(31-19)21(29)25(26,27)28)13-22(15,2)17(16)7-9-23(18,24)3/h1,11,15-18,30H,5-10,12-13H2,2-3H3/t15-,16?,17?,18?,22-,23-,24-/m0/s1. The first-order chi connectivity index (χ1) is 14.4. The molecule has 3 fully saturated rings. The molecule has 0 spiro atoms. The van der Waals surface area contributed by atoms with E-state index >= 15 is 0 Å². The number of Topliss-reactive ketones (excluding diaryl/α,β-unsaturated/α-hetero) is 1. The van der Waals surface area contributed by atoms with Crippen LogP contribution in [-0.4, -0.2) is 20.3 Å². The molecule has 4 aliphatic rings. The van der Waals surface area contributed by atoms with Crippen LogP contribution >= 0.6 is 34.8 Å². The van der Waals surface area contributed by atoms with E-state index < -0.39 is 15.2 Å². The number of aliphatic hydroxyl groups is 1. The molecule has 0 saturated heterocycles. The zero-order chi connectivity index (χ0) is 22.4. The maximum Gasteiger partial charge on any atom is 0.256 e. The molecule has 0 radical (unpaired) electrons. The van der Waals surface area contributed by atoms with Crippen molar-refractivity contribution in [2.45, 2.75) is 74.6 Å². The Labute approximate surface area is 199 Å². The fraction of sp³-hybridized carbons (Fsp3) is 0.720. The van der Waals surface area contributed by atoms with Crippen LogP contribution in [0, 0.1) is 46.8 Å². The van der Waals surface area contributed by atoms with Gasteiger partial charge < -0.3 is 9.52 Å².